The average molecular weight is 231 g/mol. The minimum Gasteiger partial charge on any atom is -0.328 e. The van der Waals surface area contributed by atoms with E-state index in [9.17, 15) is 0 Å². The van der Waals surface area contributed by atoms with E-state index in [1.807, 2.05) is 0 Å². The van der Waals surface area contributed by atoms with Crippen LogP contribution in [-0.4, -0.2) is 6.04 Å². The van der Waals surface area contributed by atoms with Gasteiger partial charge in [0, 0.05) is 6.04 Å². The molecule has 1 aliphatic rings. The second kappa shape index (κ2) is 6.20. The van der Waals surface area contributed by atoms with Gasteiger partial charge in [-0.15, -0.1) is 0 Å². The van der Waals surface area contributed by atoms with Crippen LogP contribution < -0.4 is 5.73 Å². The van der Waals surface area contributed by atoms with Gasteiger partial charge in [0.05, 0.1) is 0 Å². The number of hydrogen-bond donors (Lipinski definition) is 1. The molecule has 94 valence electrons. The van der Waals surface area contributed by atoms with Crippen molar-refractivity contribution in [3.63, 3.8) is 0 Å². The third-order valence-corrected chi connectivity index (χ3v) is 4.03. The number of nitrogens with two attached hydrogens (primary N) is 1. The normalized spacial score (nSPS) is 25.5. The third kappa shape index (κ3) is 3.85. The number of aryl methyl sites for hydroxylation is 1. The lowest BCUT2D eigenvalue weighted by Gasteiger charge is -2.17. The van der Waals surface area contributed by atoms with Crippen LogP contribution in [0.5, 0.6) is 0 Å². The molecule has 2 rings (SSSR count). The molecule has 1 fully saturated rings. The summed E-state index contributed by atoms with van der Waals surface area (Å²) >= 11 is 0. The SMILES string of the molecule is CCc1ccc(CC2CCCCC(N)C2)cc1. The van der Waals surface area contributed by atoms with Crippen molar-refractivity contribution in [2.24, 2.45) is 11.7 Å². The molecule has 1 aromatic carbocycles. The van der Waals surface area contributed by atoms with Crippen LogP contribution in [0.1, 0.15) is 50.2 Å². The smallest absolute Gasteiger partial charge is 0.00415 e. The van der Waals surface area contributed by atoms with Crippen LogP contribution in [0.15, 0.2) is 24.3 Å². The van der Waals surface area contributed by atoms with Gasteiger partial charge in [-0.05, 0) is 42.7 Å². The Labute approximate surface area is 105 Å². The fourth-order valence-corrected chi connectivity index (χ4v) is 2.93. The van der Waals surface area contributed by atoms with E-state index in [1.54, 1.807) is 0 Å². The summed E-state index contributed by atoms with van der Waals surface area (Å²) in [5, 5.41) is 0. The predicted octanol–water partition coefficient (Wildman–Crippen LogP) is 3.70. The molecule has 0 aromatic heterocycles. The summed E-state index contributed by atoms with van der Waals surface area (Å²) in [5.41, 5.74) is 9.05. The fourth-order valence-electron chi connectivity index (χ4n) is 2.93. The van der Waals surface area contributed by atoms with Gasteiger partial charge >= 0.3 is 0 Å². The molecule has 17 heavy (non-hydrogen) atoms. The average Bonchev–Trinajstić information content (AvgIpc) is 2.55. The van der Waals surface area contributed by atoms with Gasteiger partial charge in [-0.25, -0.2) is 0 Å². The van der Waals surface area contributed by atoms with E-state index >= 15 is 0 Å². The van der Waals surface area contributed by atoms with Gasteiger partial charge in [-0.1, -0.05) is 50.5 Å². The molecule has 1 saturated carbocycles. The Morgan fingerprint density at radius 1 is 1.06 bits per heavy atom. The van der Waals surface area contributed by atoms with Gasteiger partial charge in [0.25, 0.3) is 0 Å². The molecule has 0 bridgehead atoms. The van der Waals surface area contributed by atoms with E-state index in [1.165, 1.54) is 49.7 Å². The Bertz CT molecular complexity index is 328. The first-order chi connectivity index (χ1) is 8.28. The van der Waals surface area contributed by atoms with Gasteiger partial charge < -0.3 is 5.73 Å². The zero-order valence-electron chi connectivity index (χ0n) is 11.0. The number of hydrogen-bond acceptors (Lipinski definition) is 1. The maximum Gasteiger partial charge on any atom is 0.00415 e. The van der Waals surface area contributed by atoms with Crippen LogP contribution in [0.25, 0.3) is 0 Å². The minimum absolute atomic E-state index is 0.442. The van der Waals surface area contributed by atoms with E-state index in [4.69, 9.17) is 5.73 Å². The highest BCUT2D eigenvalue weighted by atomic mass is 14.6. The van der Waals surface area contributed by atoms with Gasteiger partial charge in [-0.2, -0.15) is 0 Å². The summed E-state index contributed by atoms with van der Waals surface area (Å²) in [5.74, 6) is 0.806. The molecule has 0 heterocycles. The lowest BCUT2D eigenvalue weighted by molar-refractivity contribution is 0.431. The minimum atomic E-state index is 0.442. The molecule has 0 saturated heterocycles. The Balaban J connectivity index is 1.94. The van der Waals surface area contributed by atoms with E-state index in [-0.39, 0.29) is 0 Å². The molecule has 2 unspecified atom stereocenters. The number of benzene rings is 1. The van der Waals surface area contributed by atoms with Crippen LogP contribution in [0.2, 0.25) is 0 Å². The van der Waals surface area contributed by atoms with Crippen molar-refractivity contribution in [1.29, 1.82) is 0 Å². The van der Waals surface area contributed by atoms with Crippen molar-refractivity contribution < 1.29 is 0 Å². The van der Waals surface area contributed by atoms with E-state index in [0.29, 0.717) is 6.04 Å². The molecule has 0 aliphatic heterocycles. The highest BCUT2D eigenvalue weighted by Crippen LogP contribution is 2.25. The first kappa shape index (κ1) is 12.6. The van der Waals surface area contributed by atoms with Crippen LogP contribution in [-0.2, 0) is 12.8 Å². The van der Waals surface area contributed by atoms with Crippen molar-refractivity contribution in [2.45, 2.75) is 57.9 Å². The third-order valence-electron chi connectivity index (χ3n) is 4.03. The molecule has 2 atom stereocenters. The Kier molecular flexibility index (Phi) is 4.61. The molecule has 1 aromatic rings. The summed E-state index contributed by atoms with van der Waals surface area (Å²) in [7, 11) is 0. The number of rotatable bonds is 3. The standard InChI is InChI=1S/C16H25N/c1-2-13-7-9-14(10-8-13)11-15-5-3-4-6-16(17)12-15/h7-10,15-16H,2-6,11-12,17H2,1H3. The summed E-state index contributed by atoms with van der Waals surface area (Å²) in [6, 6.07) is 9.58. The quantitative estimate of drug-likeness (QED) is 0.789. The Hall–Kier alpha value is -0.820. The van der Waals surface area contributed by atoms with Crippen molar-refractivity contribution in [3.8, 4) is 0 Å². The molecular formula is C16H25N. The van der Waals surface area contributed by atoms with E-state index in [0.717, 1.165) is 12.3 Å². The second-order valence-corrected chi connectivity index (χ2v) is 5.52. The maximum atomic E-state index is 6.12. The second-order valence-electron chi connectivity index (χ2n) is 5.52. The summed E-state index contributed by atoms with van der Waals surface area (Å²) in [6.45, 7) is 2.21. The van der Waals surface area contributed by atoms with Gasteiger partial charge in [-0.3, -0.25) is 0 Å². The first-order valence-corrected chi connectivity index (χ1v) is 7.11. The molecule has 2 N–H and O–H groups in total. The van der Waals surface area contributed by atoms with Crippen molar-refractivity contribution in [2.75, 3.05) is 0 Å². The molecule has 1 aliphatic carbocycles. The largest absolute Gasteiger partial charge is 0.328 e. The molecule has 1 heteroatoms. The van der Waals surface area contributed by atoms with Crippen LogP contribution in [0.3, 0.4) is 0 Å². The van der Waals surface area contributed by atoms with Crippen molar-refractivity contribution in [1.82, 2.24) is 0 Å². The summed E-state index contributed by atoms with van der Waals surface area (Å²) in [6.07, 6.45) is 8.86. The van der Waals surface area contributed by atoms with Gasteiger partial charge in [0.1, 0.15) is 0 Å². The lowest BCUT2D eigenvalue weighted by atomic mass is 9.91. The van der Waals surface area contributed by atoms with Crippen LogP contribution in [0.4, 0.5) is 0 Å². The van der Waals surface area contributed by atoms with Crippen molar-refractivity contribution >= 4 is 0 Å². The van der Waals surface area contributed by atoms with E-state index < -0.39 is 0 Å². The van der Waals surface area contributed by atoms with Crippen molar-refractivity contribution in [3.05, 3.63) is 35.4 Å². The predicted molar refractivity (Wildman–Crippen MR) is 74.1 cm³/mol. The van der Waals surface area contributed by atoms with Crippen LogP contribution in [0, 0.1) is 5.92 Å². The van der Waals surface area contributed by atoms with Gasteiger partial charge in [0.2, 0.25) is 0 Å². The first-order valence-electron chi connectivity index (χ1n) is 7.11. The summed E-state index contributed by atoms with van der Waals surface area (Å²) in [4.78, 5) is 0. The molecule has 0 radical (unpaired) electrons. The topological polar surface area (TPSA) is 26.0 Å². The monoisotopic (exact) mass is 231 g/mol. The Morgan fingerprint density at radius 3 is 2.41 bits per heavy atom. The van der Waals surface area contributed by atoms with E-state index in [2.05, 4.69) is 31.2 Å². The maximum absolute atomic E-state index is 6.12. The zero-order valence-corrected chi connectivity index (χ0v) is 11.0. The molecular weight excluding hydrogens is 206 g/mol. The zero-order chi connectivity index (χ0) is 12.1. The lowest BCUT2D eigenvalue weighted by Crippen LogP contribution is -2.22. The molecule has 0 spiro atoms. The highest BCUT2D eigenvalue weighted by molar-refractivity contribution is 5.22. The molecule has 0 amide bonds. The summed E-state index contributed by atoms with van der Waals surface area (Å²) < 4.78 is 0. The fraction of sp³-hybridized carbons (Fsp3) is 0.625. The van der Waals surface area contributed by atoms with Gasteiger partial charge in [0.15, 0.2) is 0 Å². The Morgan fingerprint density at radius 2 is 1.71 bits per heavy atom. The van der Waals surface area contributed by atoms with Crippen LogP contribution >= 0.6 is 0 Å². The molecule has 1 nitrogen and oxygen atoms in total. The highest BCUT2D eigenvalue weighted by Gasteiger charge is 2.17.